The Morgan fingerprint density at radius 1 is 1.33 bits per heavy atom. The van der Waals surface area contributed by atoms with Crippen molar-refractivity contribution in [2.75, 3.05) is 4.72 Å². The third kappa shape index (κ3) is 3.12. The van der Waals surface area contributed by atoms with Gasteiger partial charge in [0.2, 0.25) is 0 Å². The summed E-state index contributed by atoms with van der Waals surface area (Å²) in [5.41, 5.74) is 2.93. The first-order valence-electron chi connectivity index (χ1n) is 6.20. The van der Waals surface area contributed by atoms with E-state index in [-0.39, 0.29) is 11.5 Å². The number of halogens is 1. The molecule has 0 atom stereocenters. The molecule has 0 fully saturated rings. The molecule has 0 aliphatic heterocycles. The Morgan fingerprint density at radius 2 is 2.00 bits per heavy atom. The van der Waals surface area contributed by atoms with Gasteiger partial charge in [-0.15, -0.1) is 0 Å². The van der Waals surface area contributed by atoms with Crippen molar-refractivity contribution in [3.8, 4) is 0 Å². The second-order valence-corrected chi connectivity index (χ2v) is 7.24. The van der Waals surface area contributed by atoms with Gasteiger partial charge in [-0.2, -0.15) is 5.10 Å². The third-order valence-corrected chi connectivity index (χ3v) is 5.81. The van der Waals surface area contributed by atoms with E-state index in [1.165, 1.54) is 6.07 Å². The summed E-state index contributed by atoms with van der Waals surface area (Å²) in [7, 11) is -3.78. The van der Waals surface area contributed by atoms with Gasteiger partial charge in [0.1, 0.15) is 4.90 Å². The zero-order chi connectivity index (χ0) is 15.8. The molecule has 3 N–H and O–H groups in total. The lowest BCUT2D eigenvalue weighted by Gasteiger charge is -2.13. The number of aliphatic hydroxyl groups excluding tert-OH is 1. The van der Waals surface area contributed by atoms with Crippen LogP contribution in [-0.4, -0.2) is 23.7 Å². The number of aryl methyl sites for hydroxylation is 3. The minimum Gasteiger partial charge on any atom is -0.392 e. The van der Waals surface area contributed by atoms with Gasteiger partial charge in [0.05, 0.1) is 23.7 Å². The highest BCUT2D eigenvalue weighted by molar-refractivity contribution is 9.10. The van der Waals surface area contributed by atoms with Crippen LogP contribution < -0.4 is 4.72 Å². The molecule has 0 aliphatic rings. The lowest BCUT2D eigenvalue weighted by molar-refractivity contribution is 0.281. The Labute approximate surface area is 131 Å². The number of hydrogen-bond donors (Lipinski definition) is 3. The van der Waals surface area contributed by atoms with Crippen molar-refractivity contribution in [1.82, 2.24) is 10.2 Å². The molecule has 1 aromatic carbocycles. The van der Waals surface area contributed by atoms with Crippen molar-refractivity contribution in [3.63, 3.8) is 0 Å². The zero-order valence-electron chi connectivity index (χ0n) is 11.9. The normalized spacial score (nSPS) is 11.7. The average molecular weight is 374 g/mol. The quantitative estimate of drug-likeness (QED) is 0.766. The van der Waals surface area contributed by atoms with Crippen molar-refractivity contribution < 1.29 is 13.5 Å². The predicted molar refractivity (Wildman–Crippen MR) is 83.7 cm³/mol. The summed E-state index contributed by atoms with van der Waals surface area (Å²) < 4.78 is 28.2. The number of H-pyrrole nitrogens is 1. The molecular weight excluding hydrogens is 358 g/mol. The molecule has 1 aromatic heterocycles. The van der Waals surface area contributed by atoms with Crippen molar-refractivity contribution in [3.05, 3.63) is 39.1 Å². The SMILES string of the molecule is Cc1cc(CO)cc(S(=O)(=O)Nc2c(C)n[nH]c2C)c1Br. The van der Waals surface area contributed by atoms with Crippen molar-refractivity contribution in [1.29, 1.82) is 0 Å². The minimum absolute atomic E-state index is 0.0894. The molecule has 2 aromatic rings. The maximum absolute atomic E-state index is 12.6. The van der Waals surface area contributed by atoms with E-state index in [0.29, 0.717) is 27.1 Å². The van der Waals surface area contributed by atoms with Crippen LogP contribution in [0.3, 0.4) is 0 Å². The van der Waals surface area contributed by atoms with Crippen LogP contribution in [0, 0.1) is 20.8 Å². The highest BCUT2D eigenvalue weighted by Gasteiger charge is 2.22. The summed E-state index contributed by atoms with van der Waals surface area (Å²) in [6.07, 6.45) is 0. The van der Waals surface area contributed by atoms with E-state index >= 15 is 0 Å². The first-order chi connectivity index (χ1) is 9.76. The van der Waals surface area contributed by atoms with E-state index in [1.807, 2.05) is 0 Å². The third-order valence-electron chi connectivity index (χ3n) is 3.12. The molecule has 0 amide bonds. The summed E-state index contributed by atoms with van der Waals surface area (Å²) in [6.45, 7) is 5.01. The topological polar surface area (TPSA) is 95.1 Å². The van der Waals surface area contributed by atoms with E-state index in [2.05, 4.69) is 30.8 Å². The molecule has 8 heteroatoms. The summed E-state index contributed by atoms with van der Waals surface area (Å²) in [5.74, 6) is 0. The minimum atomic E-state index is -3.78. The molecule has 0 saturated carbocycles. The second-order valence-electron chi connectivity index (χ2n) is 4.80. The Bertz CT molecular complexity index is 765. The van der Waals surface area contributed by atoms with Gasteiger partial charge >= 0.3 is 0 Å². The Kier molecular flexibility index (Phi) is 4.40. The van der Waals surface area contributed by atoms with Crippen LogP contribution in [0.4, 0.5) is 5.69 Å². The summed E-state index contributed by atoms with van der Waals surface area (Å²) >= 11 is 3.30. The first-order valence-corrected chi connectivity index (χ1v) is 8.48. The number of aromatic nitrogens is 2. The number of aliphatic hydroxyl groups is 1. The molecule has 0 aliphatic carbocycles. The summed E-state index contributed by atoms with van der Waals surface area (Å²) in [5, 5.41) is 15.9. The number of aromatic amines is 1. The molecule has 0 unspecified atom stereocenters. The molecule has 2 rings (SSSR count). The monoisotopic (exact) mass is 373 g/mol. The van der Waals surface area contributed by atoms with Crippen LogP contribution in [-0.2, 0) is 16.6 Å². The van der Waals surface area contributed by atoms with E-state index in [1.54, 1.807) is 26.8 Å². The number of benzene rings is 1. The van der Waals surface area contributed by atoms with Crippen LogP contribution in [0.5, 0.6) is 0 Å². The highest BCUT2D eigenvalue weighted by Crippen LogP contribution is 2.30. The fourth-order valence-electron chi connectivity index (χ4n) is 1.99. The number of rotatable bonds is 4. The Morgan fingerprint density at radius 3 is 2.52 bits per heavy atom. The molecule has 21 heavy (non-hydrogen) atoms. The average Bonchev–Trinajstić information content (AvgIpc) is 2.73. The Hall–Kier alpha value is -1.38. The van der Waals surface area contributed by atoms with Gasteiger partial charge in [-0.3, -0.25) is 9.82 Å². The predicted octanol–water partition coefficient (Wildman–Crippen LogP) is 2.39. The fourth-order valence-corrected chi connectivity index (χ4v) is 4.24. The molecule has 0 bridgehead atoms. The zero-order valence-corrected chi connectivity index (χ0v) is 14.3. The molecule has 6 nitrogen and oxygen atoms in total. The summed E-state index contributed by atoms with van der Waals surface area (Å²) in [4.78, 5) is 0.0894. The van der Waals surface area contributed by atoms with Gasteiger partial charge in [0.25, 0.3) is 10.0 Å². The second kappa shape index (κ2) is 5.78. The van der Waals surface area contributed by atoms with Crippen LogP contribution in [0.25, 0.3) is 0 Å². The maximum atomic E-state index is 12.6. The molecule has 0 spiro atoms. The standard InChI is InChI=1S/C13H16BrN3O3S/c1-7-4-10(6-18)5-11(12(7)14)21(19,20)17-13-8(2)15-16-9(13)3/h4-5,17-18H,6H2,1-3H3,(H,15,16). The molecule has 0 radical (unpaired) electrons. The Balaban J connectivity index is 2.52. The van der Waals surface area contributed by atoms with Crippen LogP contribution in [0.15, 0.2) is 21.5 Å². The van der Waals surface area contributed by atoms with Gasteiger partial charge in [0, 0.05) is 4.47 Å². The highest BCUT2D eigenvalue weighted by atomic mass is 79.9. The van der Waals surface area contributed by atoms with Crippen LogP contribution >= 0.6 is 15.9 Å². The van der Waals surface area contributed by atoms with Gasteiger partial charge in [-0.25, -0.2) is 8.42 Å². The van der Waals surface area contributed by atoms with Gasteiger partial charge in [0.15, 0.2) is 0 Å². The van der Waals surface area contributed by atoms with Crippen LogP contribution in [0.1, 0.15) is 22.5 Å². The number of nitrogens with one attached hydrogen (secondary N) is 2. The fraction of sp³-hybridized carbons (Fsp3) is 0.308. The van der Waals surface area contributed by atoms with Gasteiger partial charge < -0.3 is 5.11 Å². The number of nitrogens with zero attached hydrogens (tertiary/aromatic N) is 1. The molecule has 114 valence electrons. The maximum Gasteiger partial charge on any atom is 0.263 e. The smallest absolute Gasteiger partial charge is 0.263 e. The van der Waals surface area contributed by atoms with Crippen molar-refractivity contribution in [2.45, 2.75) is 32.3 Å². The van der Waals surface area contributed by atoms with E-state index in [4.69, 9.17) is 0 Å². The lowest BCUT2D eigenvalue weighted by atomic mass is 10.1. The molecule has 1 heterocycles. The van der Waals surface area contributed by atoms with Gasteiger partial charge in [-0.05, 0) is 53.9 Å². The number of hydrogen-bond acceptors (Lipinski definition) is 4. The summed E-state index contributed by atoms with van der Waals surface area (Å²) in [6, 6.07) is 3.18. The van der Waals surface area contributed by atoms with Crippen molar-refractivity contribution >= 4 is 31.6 Å². The lowest BCUT2D eigenvalue weighted by Crippen LogP contribution is -2.15. The largest absolute Gasteiger partial charge is 0.392 e. The van der Waals surface area contributed by atoms with Gasteiger partial charge in [-0.1, -0.05) is 6.07 Å². The first kappa shape index (κ1) is 16.0. The van der Waals surface area contributed by atoms with Crippen LogP contribution in [0.2, 0.25) is 0 Å². The van der Waals surface area contributed by atoms with E-state index < -0.39 is 10.0 Å². The molecule has 0 saturated heterocycles. The van der Waals surface area contributed by atoms with E-state index in [0.717, 1.165) is 5.56 Å². The number of anilines is 1. The number of sulfonamides is 1. The molecular formula is C13H16BrN3O3S. The van der Waals surface area contributed by atoms with Crippen molar-refractivity contribution in [2.24, 2.45) is 0 Å². The van der Waals surface area contributed by atoms with E-state index in [9.17, 15) is 13.5 Å².